The van der Waals surface area contributed by atoms with Crippen molar-refractivity contribution in [2.24, 2.45) is 11.8 Å². The Morgan fingerprint density at radius 1 is 1.18 bits per heavy atom. The number of nitro benzene ring substituents is 1. The Labute approximate surface area is 235 Å². The van der Waals surface area contributed by atoms with Crippen molar-refractivity contribution in [1.29, 1.82) is 0 Å². The lowest BCUT2D eigenvalue weighted by molar-refractivity contribution is -0.384. The van der Waals surface area contributed by atoms with Crippen molar-refractivity contribution in [3.05, 3.63) is 86.2 Å². The molecule has 0 bridgehead atoms. The van der Waals surface area contributed by atoms with Crippen LogP contribution in [0.5, 0.6) is 0 Å². The molecule has 3 aliphatic heterocycles. The highest BCUT2D eigenvalue weighted by atomic mass is 35.5. The van der Waals surface area contributed by atoms with Gasteiger partial charge in [0.05, 0.1) is 23.0 Å². The molecule has 2 aromatic rings. The average molecular weight is 578 g/mol. The third kappa shape index (κ3) is 5.67. The molecule has 39 heavy (non-hydrogen) atoms. The number of hydrogen-bond donors (Lipinski definition) is 1. The summed E-state index contributed by atoms with van der Waals surface area (Å²) in [6.45, 7) is 5.72. The summed E-state index contributed by atoms with van der Waals surface area (Å²) in [5.74, 6) is -1.89. The van der Waals surface area contributed by atoms with Crippen molar-refractivity contribution in [3.63, 3.8) is 0 Å². The van der Waals surface area contributed by atoms with Crippen LogP contribution in [0, 0.1) is 27.8 Å². The number of thioether (sulfide) groups is 1. The number of carbonyl (C=O) groups is 2. The van der Waals surface area contributed by atoms with Gasteiger partial charge < -0.3 is 14.7 Å². The normalized spacial score (nSPS) is 23.4. The van der Waals surface area contributed by atoms with E-state index in [-0.39, 0.29) is 59.3 Å². The topological polar surface area (TPSA) is 113 Å². The lowest BCUT2D eigenvalue weighted by Gasteiger charge is -2.46. The van der Waals surface area contributed by atoms with Gasteiger partial charge in [-0.2, -0.15) is 0 Å². The van der Waals surface area contributed by atoms with E-state index in [1.54, 1.807) is 30.8 Å². The molecule has 1 N–H and O–H groups in total. The zero-order chi connectivity index (χ0) is 27.1. The van der Waals surface area contributed by atoms with Crippen molar-refractivity contribution in [3.8, 4) is 0 Å². The van der Waals surface area contributed by atoms with Gasteiger partial charge in [0.2, 0.25) is 5.91 Å². The Hall–Kier alpha value is -2.99. The number of β-lactam (4-membered cyclic amide) rings is 1. The van der Waals surface area contributed by atoms with Crippen LogP contribution >= 0.6 is 24.2 Å². The Morgan fingerprint density at radius 2 is 1.79 bits per heavy atom. The lowest BCUT2D eigenvalue weighted by atomic mass is 9.79. The highest BCUT2D eigenvalue weighted by Gasteiger charge is 2.60. The number of esters is 1. The van der Waals surface area contributed by atoms with Crippen molar-refractivity contribution in [2.45, 2.75) is 44.4 Å². The molecule has 2 fully saturated rings. The van der Waals surface area contributed by atoms with Gasteiger partial charge in [-0.25, -0.2) is 9.18 Å². The Morgan fingerprint density at radius 3 is 2.38 bits per heavy atom. The number of amides is 1. The van der Waals surface area contributed by atoms with Crippen LogP contribution in [0.4, 0.5) is 10.1 Å². The molecule has 3 aliphatic rings. The SMILES string of the molecule is C[C@@H](O)[C@H]1C(=O)N2C(C(=O)OCc3ccc([N+](=O)[O-])cc3)=C(SC3CN(Cc4ccc(F)cc4)C3)[C@H](C)[C@H]12.Cl. The summed E-state index contributed by atoms with van der Waals surface area (Å²) < 4.78 is 18.7. The van der Waals surface area contributed by atoms with Gasteiger partial charge >= 0.3 is 5.97 Å². The second-order valence-electron chi connectivity index (χ2n) is 10.0. The Balaban J connectivity index is 0.00000353. The summed E-state index contributed by atoms with van der Waals surface area (Å²) in [4.78, 5) is 41.1. The number of rotatable bonds is 9. The van der Waals surface area contributed by atoms with E-state index in [9.17, 15) is 29.2 Å². The van der Waals surface area contributed by atoms with Gasteiger partial charge in [0.1, 0.15) is 18.1 Å². The first-order chi connectivity index (χ1) is 18.1. The van der Waals surface area contributed by atoms with Gasteiger partial charge in [-0.1, -0.05) is 19.1 Å². The third-order valence-electron chi connectivity index (χ3n) is 7.36. The fraction of sp³-hybridized carbons (Fsp3) is 0.407. The third-order valence-corrected chi connectivity index (χ3v) is 8.81. The summed E-state index contributed by atoms with van der Waals surface area (Å²) in [5.41, 5.74) is 1.79. The number of ether oxygens (including phenoxy) is 1. The second kappa shape index (κ2) is 11.6. The van der Waals surface area contributed by atoms with E-state index in [1.807, 2.05) is 6.92 Å². The fourth-order valence-electron chi connectivity index (χ4n) is 5.35. The van der Waals surface area contributed by atoms with Gasteiger partial charge in [0, 0.05) is 47.8 Å². The van der Waals surface area contributed by atoms with E-state index < -0.39 is 22.9 Å². The first-order valence-electron chi connectivity index (χ1n) is 12.4. The lowest BCUT2D eigenvalue weighted by Crippen LogP contribution is -2.63. The van der Waals surface area contributed by atoms with Crippen LogP contribution < -0.4 is 0 Å². The maximum atomic E-state index is 13.3. The standard InChI is InChI=1S/C27H28FN3O6S.ClH/c1-15-23-22(16(2)32)26(33)30(23)24(27(34)37-14-18-5-9-20(10-6-18)31(35)36)25(15)38-21-12-29(13-21)11-17-3-7-19(28)8-4-17;/h3-10,15-16,21-23,32H,11-14H2,1-2H3;1H/t15-,16-,22-,23-;/m1./s1. The van der Waals surface area contributed by atoms with Crippen LogP contribution in [-0.2, 0) is 27.5 Å². The largest absolute Gasteiger partial charge is 0.456 e. The molecule has 2 aromatic carbocycles. The van der Waals surface area contributed by atoms with Crippen LogP contribution in [0.15, 0.2) is 59.1 Å². The maximum Gasteiger partial charge on any atom is 0.356 e. The van der Waals surface area contributed by atoms with Crippen molar-refractivity contribution < 1.29 is 28.7 Å². The number of nitro groups is 1. The van der Waals surface area contributed by atoms with Crippen LogP contribution in [-0.4, -0.2) is 62.2 Å². The predicted molar refractivity (Wildman–Crippen MR) is 145 cm³/mol. The predicted octanol–water partition coefficient (Wildman–Crippen LogP) is 3.89. The van der Waals surface area contributed by atoms with Crippen molar-refractivity contribution in [1.82, 2.24) is 9.80 Å². The van der Waals surface area contributed by atoms with Crippen LogP contribution in [0.1, 0.15) is 25.0 Å². The minimum Gasteiger partial charge on any atom is -0.456 e. The number of benzene rings is 2. The molecule has 0 aliphatic carbocycles. The van der Waals surface area contributed by atoms with Crippen LogP contribution in [0.3, 0.4) is 0 Å². The zero-order valence-electron chi connectivity index (χ0n) is 21.4. The quantitative estimate of drug-likeness (QED) is 0.207. The minimum atomic E-state index is -0.831. The van der Waals surface area contributed by atoms with Crippen LogP contribution in [0.2, 0.25) is 0 Å². The number of carbonyl (C=O) groups excluding carboxylic acids is 2. The molecule has 0 saturated carbocycles. The number of halogens is 2. The number of likely N-dealkylation sites (tertiary alicyclic amines) is 1. The molecule has 1 amide bonds. The van der Waals surface area contributed by atoms with Gasteiger partial charge in [-0.3, -0.25) is 19.8 Å². The van der Waals surface area contributed by atoms with E-state index in [2.05, 4.69) is 4.90 Å². The molecule has 2 saturated heterocycles. The highest BCUT2D eigenvalue weighted by Crippen LogP contribution is 2.52. The van der Waals surface area contributed by atoms with Gasteiger partial charge in [-0.15, -0.1) is 24.2 Å². The molecule has 0 radical (unpaired) electrons. The number of hydrogen-bond acceptors (Lipinski definition) is 8. The average Bonchev–Trinajstić information content (AvgIpc) is 3.10. The molecule has 3 heterocycles. The molecule has 9 nitrogen and oxygen atoms in total. The second-order valence-corrected chi connectivity index (χ2v) is 11.4. The number of nitrogens with zero attached hydrogens (tertiary/aromatic N) is 3. The summed E-state index contributed by atoms with van der Waals surface area (Å²) in [6, 6.07) is 11.9. The molecule has 4 atom stereocenters. The first kappa shape index (κ1) is 29.0. The van der Waals surface area contributed by atoms with Gasteiger partial charge in [0.25, 0.3) is 5.69 Å². The summed E-state index contributed by atoms with van der Waals surface area (Å²) in [7, 11) is 0. The van der Waals surface area contributed by atoms with Crippen molar-refractivity contribution >= 4 is 41.7 Å². The number of aliphatic hydroxyl groups excluding tert-OH is 1. The van der Waals surface area contributed by atoms with Gasteiger partial charge in [-0.05, 0) is 42.3 Å². The molecular weight excluding hydrogens is 549 g/mol. The summed E-state index contributed by atoms with van der Waals surface area (Å²) >= 11 is 1.57. The van der Waals surface area contributed by atoms with Crippen molar-refractivity contribution in [2.75, 3.05) is 13.1 Å². The minimum absolute atomic E-state index is 0. The van der Waals surface area contributed by atoms with E-state index in [4.69, 9.17) is 4.74 Å². The molecule has 12 heteroatoms. The zero-order valence-corrected chi connectivity index (χ0v) is 23.0. The Kier molecular flexibility index (Phi) is 8.65. The van der Waals surface area contributed by atoms with E-state index in [0.717, 1.165) is 23.6 Å². The monoisotopic (exact) mass is 577 g/mol. The maximum absolute atomic E-state index is 13.3. The molecule has 0 spiro atoms. The van der Waals surface area contributed by atoms with E-state index in [0.29, 0.717) is 12.1 Å². The molecular formula is C27H29ClFN3O6S. The summed E-state index contributed by atoms with van der Waals surface area (Å²) in [6.07, 6.45) is -0.831. The fourth-order valence-corrected chi connectivity index (χ4v) is 6.93. The number of aliphatic hydroxyl groups is 1. The smallest absolute Gasteiger partial charge is 0.356 e. The first-order valence-corrected chi connectivity index (χ1v) is 13.3. The summed E-state index contributed by atoms with van der Waals surface area (Å²) in [5, 5.41) is 21.3. The molecule has 5 rings (SSSR count). The van der Waals surface area contributed by atoms with Crippen LogP contribution in [0.25, 0.3) is 0 Å². The van der Waals surface area contributed by atoms with E-state index in [1.165, 1.54) is 41.3 Å². The molecule has 0 unspecified atom stereocenters. The number of fused-ring (bicyclic) bond motifs is 1. The molecule has 208 valence electrons. The van der Waals surface area contributed by atoms with Gasteiger partial charge in [0.15, 0.2) is 0 Å². The molecule has 0 aromatic heterocycles. The highest BCUT2D eigenvalue weighted by molar-refractivity contribution is 8.03. The number of non-ortho nitro benzene ring substituents is 1. The Bertz CT molecular complexity index is 1280. The van der Waals surface area contributed by atoms with E-state index >= 15 is 0 Å².